The Bertz CT molecular complexity index is 1180. The summed E-state index contributed by atoms with van der Waals surface area (Å²) < 4.78 is 28.6. The number of nitrogens with zero attached hydrogens (tertiary/aromatic N) is 2. The van der Waals surface area contributed by atoms with Gasteiger partial charge in [0.05, 0.1) is 10.7 Å². The van der Waals surface area contributed by atoms with Gasteiger partial charge in [0, 0.05) is 22.5 Å². The van der Waals surface area contributed by atoms with Crippen molar-refractivity contribution in [3.05, 3.63) is 64.6 Å². The summed E-state index contributed by atoms with van der Waals surface area (Å²) in [5, 5.41) is 11.1. The maximum absolute atomic E-state index is 12.5. The summed E-state index contributed by atoms with van der Waals surface area (Å²) >= 11 is 11.9. The molecule has 1 amide bonds. The van der Waals surface area contributed by atoms with Crippen molar-refractivity contribution >= 4 is 44.6 Å². The fraction of sp³-hybridized carbons (Fsp3) is 0.150. The number of carbonyl (C=O) groups excluding carboxylic acids is 1. The maximum atomic E-state index is 12.5. The number of anilines is 1. The molecular formula is C20H17Cl2N3O4S. The van der Waals surface area contributed by atoms with Gasteiger partial charge in [0.25, 0.3) is 5.91 Å². The molecule has 1 unspecified atom stereocenters. The van der Waals surface area contributed by atoms with Gasteiger partial charge >= 0.3 is 0 Å². The van der Waals surface area contributed by atoms with Crippen LogP contribution in [0.5, 0.6) is 5.75 Å². The lowest BCUT2D eigenvalue weighted by atomic mass is 10.1. The summed E-state index contributed by atoms with van der Waals surface area (Å²) in [4.78, 5) is 12.5. The van der Waals surface area contributed by atoms with Crippen molar-refractivity contribution in [2.24, 2.45) is 0 Å². The predicted molar refractivity (Wildman–Crippen MR) is 116 cm³/mol. The van der Waals surface area contributed by atoms with E-state index < -0.39 is 15.9 Å². The smallest absolute Gasteiger partial charge is 0.265 e. The van der Waals surface area contributed by atoms with Crippen molar-refractivity contribution in [1.29, 1.82) is 0 Å². The zero-order valence-electron chi connectivity index (χ0n) is 16.0. The minimum Gasteiger partial charge on any atom is -0.479 e. The van der Waals surface area contributed by atoms with Gasteiger partial charge in [-0.2, -0.15) is 0 Å². The Morgan fingerprint density at radius 3 is 2.47 bits per heavy atom. The predicted octanol–water partition coefficient (Wildman–Crippen LogP) is 4.26. The van der Waals surface area contributed by atoms with Gasteiger partial charge in [0.1, 0.15) is 5.75 Å². The van der Waals surface area contributed by atoms with Crippen molar-refractivity contribution < 1.29 is 17.9 Å². The largest absolute Gasteiger partial charge is 0.479 e. The van der Waals surface area contributed by atoms with Crippen LogP contribution in [0.25, 0.3) is 11.3 Å². The standard InChI is InChI=1S/C20H17Cl2N3O4S/c1-12(29-18-8-6-14(21)11-16(18)22)20(26)23-15-5-3-4-13(10-15)17-7-9-19(25-24-17)30(2,27)28/h3-12H,1-2H3,(H,23,26). The second kappa shape index (κ2) is 8.99. The molecular weight excluding hydrogens is 449 g/mol. The van der Waals surface area contributed by atoms with Gasteiger partial charge in [0.2, 0.25) is 0 Å². The van der Waals surface area contributed by atoms with Crippen LogP contribution in [0.3, 0.4) is 0 Å². The van der Waals surface area contributed by atoms with E-state index in [9.17, 15) is 13.2 Å². The molecule has 156 valence electrons. The van der Waals surface area contributed by atoms with Crippen LogP contribution >= 0.6 is 23.2 Å². The second-order valence-electron chi connectivity index (χ2n) is 6.43. The third kappa shape index (κ3) is 5.47. The minimum absolute atomic E-state index is 0.109. The first-order valence-corrected chi connectivity index (χ1v) is 11.3. The lowest BCUT2D eigenvalue weighted by Gasteiger charge is -2.16. The molecule has 30 heavy (non-hydrogen) atoms. The molecule has 1 atom stereocenters. The molecule has 1 heterocycles. The highest BCUT2D eigenvalue weighted by Gasteiger charge is 2.17. The molecule has 3 aromatic rings. The molecule has 10 heteroatoms. The van der Waals surface area contributed by atoms with Crippen molar-refractivity contribution in [3.63, 3.8) is 0 Å². The van der Waals surface area contributed by atoms with Gasteiger partial charge in [-0.15, -0.1) is 10.2 Å². The monoisotopic (exact) mass is 465 g/mol. The molecule has 0 aliphatic heterocycles. The van der Waals surface area contributed by atoms with Crippen LogP contribution in [0.2, 0.25) is 10.0 Å². The van der Waals surface area contributed by atoms with Gasteiger partial charge in [-0.25, -0.2) is 8.42 Å². The molecule has 0 spiro atoms. The number of ether oxygens (including phenoxy) is 1. The highest BCUT2D eigenvalue weighted by atomic mass is 35.5. The molecule has 1 aromatic heterocycles. The molecule has 3 rings (SSSR count). The highest BCUT2D eigenvalue weighted by Crippen LogP contribution is 2.28. The maximum Gasteiger partial charge on any atom is 0.265 e. The molecule has 0 fully saturated rings. The quantitative estimate of drug-likeness (QED) is 0.583. The Morgan fingerprint density at radius 1 is 1.07 bits per heavy atom. The van der Waals surface area contributed by atoms with Crippen molar-refractivity contribution in [1.82, 2.24) is 10.2 Å². The summed E-state index contributed by atoms with van der Waals surface area (Å²) in [6, 6.07) is 14.6. The molecule has 2 aromatic carbocycles. The lowest BCUT2D eigenvalue weighted by Crippen LogP contribution is -2.30. The van der Waals surface area contributed by atoms with E-state index in [2.05, 4.69) is 15.5 Å². The van der Waals surface area contributed by atoms with Crippen LogP contribution in [0.1, 0.15) is 6.92 Å². The van der Waals surface area contributed by atoms with Gasteiger partial charge in [-0.3, -0.25) is 4.79 Å². The number of amides is 1. The van der Waals surface area contributed by atoms with Crippen molar-refractivity contribution in [2.75, 3.05) is 11.6 Å². The Hall–Kier alpha value is -2.68. The van der Waals surface area contributed by atoms with E-state index in [1.165, 1.54) is 12.1 Å². The number of hydrogen-bond acceptors (Lipinski definition) is 6. The first kappa shape index (κ1) is 22.0. The fourth-order valence-corrected chi connectivity index (χ4v) is 3.44. The number of aromatic nitrogens is 2. The molecule has 0 saturated carbocycles. The van der Waals surface area contributed by atoms with Crippen molar-refractivity contribution in [3.8, 4) is 17.0 Å². The normalized spacial score (nSPS) is 12.3. The Morgan fingerprint density at radius 2 is 1.83 bits per heavy atom. The van der Waals surface area contributed by atoms with E-state index >= 15 is 0 Å². The van der Waals surface area contributed by atoms with Crippen LogP contribution in [0.15, 0.2) is 59.6 Å². The Balaban J connectivity index is 1.72. The molecule has 1 N–H and O–H groups in total. The number of sulfone groups is 1. The summed E-state index contributed by atoms with van der Waals surface area (Å²) in [7, 11) is -3.43. The highest BCUT2D eigenvalue weighted by molar-refractivity contribution is 7.90. The van der Waals surface area contributed by atoms with Crippen molar-refractivity contribution in [2.45, 2.75) is 18.1 Å². The van der Waals surface area contributed by atoms with Gasteiger partial charge < -0.3 is 10.1 Å². The Labute approximate surface area is 183 Å². The average Bonchev–Trinajstić information content (AvgIpc) is 2.69. The number of rotatable bonds is 6. The van der Waals surface area contributed by atoms with Crippen LogP contribution in [-0.4, -0.2) is 36.9 Å². The number of halogens is 2. The minimum atomic E-state index is -3.43. The molecule has 0 aliphatic rings. The summed E-state index contributed by atoms with van der Waals surface area (Å²) in [6.45, 7) is 1.60. The average molecular weight is 466 g/mol. The van der Waals surface area contributed by atoms with E-state index in [0.29, 0.717) is 32.7 Å². The van der Waals surface area contributed by atoms with Gasteiger partial charge in [0.15, 0.2) is 21.0 Å². The number of nitrogens with one attached hydrogen (secondary N) is 1. The lowest BCUT2D eigenvalue weighted by molar-refractivity contribution is -0.122. The zero-order chi connectivity index (χ0) is 21.9. The van der Waals surface area contributed by atoms with Crippen LogP contribution in [0, 0.1) is 0 Å². The summed E-state index contributed by atoms with van der Waals surface area (Å²) in [6.07, 6.45) is 0.244. The molecule has 0 aliphatic carbocycles. The number of benzene rings is 2. The zero-order valence-corrected chi connectivity index (χ0v) is 18.3. The van der Waals surface area contributed by atoms with Crippen LogP contribution in [-0.2, 0) is 14.6 Å². The topological polar surface area (TPSA) is 98.2 Å². The van der Waals surface area contributed by atoms with E-state index in [1.807, 2.05) is 0 Å². The third-order valence-electron chi connectivity index (χ3n) is 4.01. The van der Waals surface area contributed by atoms with Crippen LogP contribution in [0.4, 0.5) is 5.69 Å². The summed E-state index contributed by atoms with van der Waals surface area (Å²) in [5.74, 6) is -0.0321. The number of carbonyl (C=O) groups is 1. The molecule has 0 bridgehead atoms. The molecule has 0 radical (unpaired) electrons. The first-order chi connectivity index (χ1) is 14.1. The van der Waals surface area contributed by atoms with E-state index in [0.717, 1.165) is 6.26 Å². The Kier molecular flexibility index (Phi) is 6.60. The number of hydrogen-bond donors (Lipinski definition) is 1. The summed E-state index contributed by atoms with van der Waals surface area (Å²) in [5.41, 5.74) is 1.65. The van der Waals surface area contributed by atoms with Gasteiger partial charge in [-0.1, -0.05) is 35.3 Å². The first-order valence-electron chi connectivity index (χ1n) is 8.70. The van der Waals surface area contributed by atoms with E-state index in [4.69, 9.17) is 27.9 Å². The fourth-order valence-electron chi connectivity index (χ4n) is 2.49. The SMILES string of the molecule is CC(Oc1ccc(Cl)cc1Cl)C(=O)Nc1cccc(-c2ccc(S(C)(=O)=O)nn2)c1. The van der Waals surface area contributed by atoms with Crippen LogP contribution < -0.4 is 10.1 Å². The van der Waals surface area contributed by atoms with E-state index in [-0.39, 0.29) is 10.9 Å². The second-order valence-corrected chi connectivity index (χ2v) is 9.24. The van der Waals surface area contributed by atoms with E-state index in [1.54, 1.807) is 49.4 Å². The third-order valence-corrected chi connectivity index (χ3v) is 5.52. The molecule has 7 nitrogen and oxygen atoms in total. The van der Waals surface area contributed by atoms with Gasteiger partial charge in [-0.05, 0) is 49.4 Å². The molecule has 0 saturated heterocycles.